The predicted molar refractivity (Wildman–Crippen MR) is 254 cm³/mol. The Balaban J connectivity index is 0.991. The van der Waals surface area contributed by atoms with Crippen LogP contribution in [0.5, 0.6) is 0 Å². The maximum absolute atomic E-state index is 5.36. The van der Waals surface area contributed by atoms with Gasteiger partial charge in [0.05, 0.1) is 5.41 Å². The molecule has 0 amide bonds. The zero-order chi connectivity index (χ0) is 41.2. The van der Waals surface area contributed by atoms with Crippen molar-refractivity contribution >= 4 is 0 Å². The number of aromatic nitrogens is 3. The van der Waals surface area contributed by atoms with Crippen molar-refractivity contribution in [2.75, 3.05) is 0 Å². The molecule has 0 radical (unpaired) electrons. The standard InChI is InChI=1S/C60H39N3/c1-3-13-36(14-4-1)39-17-11-19-41(31-39)57-61-58(42-20-12-18-40(32-42)37-15-5-2-6-16-37)63-59(62-57)43-27-28-46-44-21-7-9-23-52(44)60(54(46)33-43)53-24-10-8-22-45(53)50-34-49-38-25-29-47-48(30-26-38)56(47)51(49)35-55(50)60/h1-35,38,47-48,56H. The van der Waals surface area contributed by atoms with E-state index in [1.807, 2.05) is 0 Å². The molecule has 3 unspecified atom stereocenters. The van der Waals surface area contributed by atoms with E-state index in [0.29, 0.717) is 41.1 Å². The van der Waals surface area contributed by atoms with E-state index >= 15 is 0 Å². The van der Waals surface area contributed by atoms with Gasteiger partial charge in [0.2, 0.25) is 0 Å². The highest BCUT2D eigenvalue weighted by Crippen LogP contribution is 2.67. The van der Waals surface area contributed by atoms with Gasteiger partial charge < -0.3 is 0 Å². The smallest absolute Gasteiger partial charge is 0.164 e. The molecule has 1 saturated carbocycles. The van der Waals surface area contributed by atoms with Gasteiger partial charge in [0, 0.05) is 22.6 Å². The quantitative estimate of drug-likeness (QED) is 0.163. The Morgan fingerprint density at radius 3 is 1.35 bits per heavy atom. The largest absolute Gasteiger partial charge is 0.208 e. The van der Waals surface area contributed by atoms with Crippen LogP contribution in [0.1, 0.15) is 45.2 Å². The fourth-order valence-electron chi connectivity index (χ4n) is 11.7. The normalized spacial score (nSPS) is 21.0. The first kappa shape index (κ1) is 34.9. The van der Waals surface area contributed by atoms with Crippen molar-refractivity contribution in [1.29, 1.82) is 0 Å². The first-order valence-electron chi connectivity index (χ1n) is 22.2. The monoisotopic (exact) mass is 801 g/mol. The van der Waals surface area contributed by atoms with E-state index in [2.05, 4.69) is 212 Å². The Morgan fingerprint density at radius 2 is 0.762 bits per heavy atom. The molecule has 3 atom stereocenters. The summed E-state index contributed by atoms with van der Waals surface area (Å²) in [5.74, 6) is 3.98. The molecular formula is C60H39N3. The minimum absolute atomic E-state index is 0.317. The van der Waals surface area contributed by atoms with Crippen LogP contribution >= 0.6 is 0 Å². The van der Waals surface area contributed by atoms with Crippen LogP contribution in [0.25, 0.3) is 78.7 Å². The first-order chi connectivity index (χ1) is 31.2. The van der Waals surface area contributed by atoms with Crippen molar-refractivity contribution < 1.29 is 0 Å². The molecule has 6 aliphatic carbocycles. The van der Waals surface area contributed by atoms with Crippen molar-refractivity contribution in [3.8, 4) is 78.7 Å². The van der Waals surface area contributed by atoms with Gasteiger partial charge in [-0.1, -0.05) is 188 Å². The Labute approximate surface area is 366 Å². The van der Waals surface area contributed by atoms with Crippen LogP contribution in [-0.4, -0.2) is 15.0 Å². The van der Waals surface area contributed by atoms with Gasteiger partial charge in [0.15, 0.2) is 17.5 Å². The van der Waals surface area contributed by atoms with Crippen LogP contribution in [0, 0.1) is 11.8 Å². The van der Waals surface area contributed by atoms with E-state index in [-0.39, 0.29) is 0 Å². The van der Waals surface area contributed by atoms with E-state index in [4.69, 9.17) is 15.0 Å². The summed E-state index contributed by atoms with van der Waals surface area (Å²) in [6.45, 7) is 0. The summed E-state index contributed by atoms with van der Waals surface area (Å²) in [4.78, 5) is 16.0. The number of fused-ring (bicyclic) bond motifs is 10. The Bertz CT molecular complexity index is 3320. The fraction of sp³-hybridized carbons (Fsp3) is 0.0833. The summed E-state index contributed by atoms with van der Waals surface area (Å²) in [7, 11) is 0. The second-order valence-electron chi connectivity index (χ2n) is 17.8. The van der Waals surface area contributed by atoms with Crippen molar-refractivity contribution in [2.24, 2.45) is 11.8 Å². The summed E-state index contributed by atoms with van der Waals surface area (Å²) in [6, 6.07) is 68.6. The number of allylic oxidation sites excluding steroid dienone is 4. The average molecular weight is 802 g/mol. The van der Waals surface area contributed by atoms with E-state index < -0.39 is 5.41 Å². The van der Waals surface area contributed by atoms with Crippen LogP contribution in [0.15, 0.2) is 212 Å². The molecule has 1 aromatic heterocycles. The van der Waals surface area contributed by atoms with Crippen LogP contribution in [0.2, 0.25) is 0 Å². The van der Waals surface area contributed by atoms with E-state index in [9.17, 15) is 0 Å². The van der Waals surface area contributed by atoms with Gasteiger partial charge in [-0.3, -0.25) is 0 Å². The molecule has 0 aliphatic heterocycles. The Hall–Kier alpha value is -7.75. The lowest BCUT2D eigenvalue weighted by Crippen LogP contribution is -2.26. The molecular weight excluding hydrogens is 763 g/mol. The summed E-state index contributed by atoms with van der Waals surface area (Å²) in [6.07, 6.45) is 9.90. The fourth-order valence-corrected chi connectivity index (χ4v) is 11.7. The van der Waals surface area contributed by atoms with Crippen molar-refractivity contribution in [2.45, 2.75) is 17.3 Å². The third-order valence-corrected chi connectivity index (χ3v) is 14.6. The molecule has 0 N–H and O–H groups in total. The van der Waals surface area contributed by atoms with Crippen molar-refractivity contribution in [1.82, 2.24) is 15.0 Å². The highest BCUT2D eigenvalue weighted by Gasteiger charge is 2.55. The molecule has 3 heteroatoms. The van der Waals surface area contributed by atoms with Crippen LogP contribution in [-0.2, 0) is 5.41 Å². The molecule has 3 nitrogen and oxygen atoms in total. The number of rotatable bonds is 5. The Morgan fingerprint density at radius 1 is 0.302 bits per heavy atom. The maximum Gasteiger partial charge on any atom is 0.164 e. The van der Waals surface area contributed by atoms with Crippen molar-refractivity contribution in [3.05, 3.63) is 246 Å². The molecule has 6 aliphatic rings. The third kappa shape index (κ3) is 5.05. The molecule has 8 aromatic carbocycles. The molecule has 1 fully saturated rings. The lowest BCUT2D eigenvalue weighted by atomic mass is 9.69. The molecule has 4 bridgehead atoms. The molecule has 0 saturated heterocycles. The molecule has 63 heavy (non-hydrogen) atoms. The van der Waals surface area contributed by atoms with Gasteiger partial charge in [-0.05, 0) is 120 Å². The summed E-state index contributed by atoms with van der Waals surface area (Å²) in [5.41, 5.74) is 20.5. The van der Waals surface area contributed by atoms with Gasteiger partial charge >= 0.3 is 0 Å². The topological polar surface area (TPSA) is 38.7 Å². The highest BCUT2D eigenvalue weighted by atomic mass is 15.0. The predicted octanol–water partition coefficient (Wildman–Crippen LogP) is 14.1. The number of hydrogen-bond donors (Lipinski definition) is 0. The molecule has 1 spiro atoms. The van der Waals surface area contributed by atoms with Gasteiger partial charge in [0.1, 0.15) is 0 Å². The minimum Gasteiger partial charge on any atom is -0.208 e. The minimum atomic E-state index is -0.494. The SMILES string of the molecule is C1=CC2C3C=CC1c1cc4c(cc1C23)C1(c2ccccc2-c2ccc(-c3nc(-c5cccc(-c6ccccc6)c5)nc(-c5cccc(-c6ccccc6)c5)n3)cc21)c1ccccc1-4. The molecule has 15 rings (SSSR count). The number of benzene rings is 8. The van der Waals surface area contributed by atoms with E-state index in [0.717, 1.165) is 38.9 Å². The van der Waals surface area contributed by atoms with E-state index in [1.54, 1.807) is 0 Å². The Kier molecular flexibility index (Phi) is 7.27. The third-order valence-electron chi connectivity index (χ3n) is 14.6. The zero-order valence-corrected chi connectivity index (χ0v) is 34.4. The second kappa shape index (κ2) is 13.1. The molecule has 294 valence electrons. The maximum atomic E-state index is 5.36. The summed E-state index contributed by atoms with van der Waals surface area (Å²) >= 11 is 0. The zero-order valence-electron chi connectivity index (χ0n) is 34.4. The summed E-state index contributed by atoms with van der Waals surface area (Å²) in [5, 5.41) is 0. The van der Waals surface area contributed by atoms with Crippen LogP contribution in [0.3, 0.4) is 0 Å². The number of hydrogen-bond acceptors (Lipinski definition) is 3. The van der Waals surface area contributed by atoms with Gasteiger partial charge in [-0.15, -0.1) is 0 Å². The summed E-state index contributed by atoms with van der Waals surface area (Å²) < 4.78 is 0. The lowest BCUT2D eigenvalue weighted by Gasteiger charge is -2.31. The first-order valence-corrected chi connectivity index (χ1v) is 22.2. The van der Waals surface area contributed by atoms with Crippen LogP contribution in [0.4, 0.5) is 0 Å². The highest BCUT2D eigenvalue weighted by molar-refractivity contribution is 5.96. The van der Waals surface area contributed by atoms with Gasteiger partial charge in [0.25, 0.3) is 0 Å². The van der Waals surface area contributed by atoms with Crippen molar-refractivity contribution in [3.63, 3.8) is 0 Å². The van der Waals surface area contributed by atoms with Crippen LogP contribution < -0.4 is 0 Å². The van der Waals surface area contributed by atoms with Gasteiger partial charge in [-0.2, -0.15) is 0 Å². The lowest BCUT2D eigenvalue weighted by molar-refractivity contribution is 0.789. The second-order valence-corrected chi connectivity index (χ2v) is 17.8. The molecule has 9 aromatic rings. The molecule has 1 heterocycles. The van der Waals surface area contributed by atoms with Gasteiger partial charge in [-0.25, -0.2) is 15.0 Å². The average Bonchev–Trinajstić information content (AvgIpc) is 4.02. The van der Waals surface area contributed by atoms with E-state index in [1.165, 1.54) is 55.6 Å². The number of nitrogens with zero attached hydrogens (tertiary/aromatic N) is 3.